The molecule has 0 aliphatic carbocycles. The van der Waals surface area contributed by atoms with Crippen LogP contribution in [0.25, 0.3) is 0 Å². The van der Waals surface area contributed by atoms with Crippen LogP contribution in [0.1, 0.15) is 0 Å². The van der Waals surface area contributed by atoms with E-state index in [4.69, 9.17) is 0 Å². The van der Waals surface area contributed by atoms with Gasteiger partial charge in [-0.1, -0.05) is 73.6 Å². The Balaban J connectivity index is 2.61. The molecule has 0 bridgehead atoms. The molecular weight excluding hydrogens is 573 g/mol. The van der Waals surface area contributed by atoms with E-state index in [1.807, 2.05) is 39.3 Å². The molecule has 206 valence electrons. The van der Waals surface area contributed by atoms with Gasteiger partial charge in [-0.25, -0.2) is 43.9 Å². The summed E-state index contributed by atoms with van der Waals surface area (Å²) in [6.07, 6.45) is 1.45. The fraction of sp³-hybridized carbons (Fsp3) is 0.333. The van der Waals surface area contributed by atoms with Crippen molar-refractivity contribution in [2.45, 2.75) is 52.4 Å². The van der Waals surface area contributed by atoms with Gasteiger partial charge in [-0.05, 0) is 0 Å². The van der Waals surface area contributed by atoms with Gasteiger partial charge in [0, 0.05) is 10.9 Å². The molecule has 0 aromatic heterocycles. The maximum Gasteiger partial charge on any atom is 0.249 e. The molecular formula is C24H25BF10Si3. The van der Waals surface area contributed by atoms with E-state index in [-0.39, 0.29) is 5.10 Å². The predicted octanol–water partition coefficient (Wildman–Crippen LogP) is 7.00. The molecule has 0 fully saturated rings. The number of hydrogen-bond donors (Lipinski definition) is 0. The molecule has 0 radical (unpaired) electrons. The van der Waals surface area contributed by atoms with Crippen molar-refractivity contribution in [1.82, 2.24) is 0 Å². The highest BCUT2D eigenvalue weighted by Crippen LogP contribution is 2.44. The third kappa shape index (κ3) is 4.55. The number of allylic oxidation sites excluding steroid dienone is 2. The fourth-order valence-electron chi connectivity index (χ4n) is 5.47. The molecule has 1 aliphatic rings. The summed E-state index contributed by atoms with van der Waals surface area (Å²) in [5.41, 5.74) is -3.33. The summed E-state index contributed by atoms with van der Waals surface area (Å²) in [6, 6.07) is 0. The van der Waals surface area contributed by atoms with Gasteiger partial charge in [0.15, 0.2) is 58.2 Å². The molecule has 2 aromatic rings. The standard InChI is InChI=1S/C24H25BF10Si3/c1-36(2,3)10-9-11(38(7,8)24(10)37(4,5)6)25(12-14(26)18(30)22(34)19(31)15(12)27)13-16(28)20(32)23(35)21(33)17(13)29/h9H,1-8H3. The van der Waals surface area contributed by atoms with Crippen molar-refractivity contribution in [2.75, 3.05) is 0 Å². The normalized spacial score (nSPS) is 15.9. The van der Waals surface area contributed by atoms with E-state index in [2.05, 4.69) is 0 Å². The summed E-state index contributed by atoms with van der Waals surface area (Å²) in [5.74, 6) is -24.2. The van der Waals surface area contributed by atoms with Gasteiger partial charge in [0.1, 0.15) is 0 Å². The summed E-state index contributed by atoms with van der Waals surface area (Å²) in [5, 5.41) is 0.680. The van der Waals surface area contributed by atoms with Gasteiger partial charge < -0.3 is 0 Å². The molecule has 0 unspecified atom stereocenters. The predicted molar refractivity (Wildman–Crippen MR) is 137 cm³/mol. The Hall–Kier alpha value is -2.06. The van der Waals surface area contributed by atoms with Gasteiger partial charge in [0.05, 0.1) is 24.2 Å². The molecule has 2 aromatic carbocycles. The molecule has 1 aliphatic heterocycles. The summed E-state index contributed by atoms with van der Waals surface area (Å²) in [4.78, 5) is 0.928. The summed E-state index contributed by atoms with van der Waals surface area (Å²) in [6.45, 7) is 12.6. The Bertz CT molecular complexity index is 1290. The maximum absolute atomic E-state index is 15.2. The van der Waals surface area contributed by atoms with Gasteiger partial charge in [-0.3, -0.25) is 0 Å². The maximum atomic E-state index is 15.2. The molecule has 0 amide bonds. The number of rotatable bonds is 5. The van der Waals surface area contributed by atoms with Gasteiger partial charge in [-0.15, -0.1) is 0 Å². The Morgan fingerprint density at radius 2 is 0.789 bits per heavy atom. The smallest absolute Gasteiger partial charge is 0.204 e. The van der Waals surface area contributed by atoms with Crippen LogP contribution in [-0.2, 0) is 0 Å². The highest BCUT2D eigenvalue weighted by atomic mass is 28.4. The average Bonchev–Trinajstić information content (AvgIpc) is 3.09. The van der Waals surface area contributed by atoms with E-state index in [1.54, 1.807) is 13.1 Å². The lowest BCUT2D eigenvalue weighted by atomic mass is 9.39. The summed E-state index contributed by atoms with van der Waals surface area (Å²) < 4.78 is 146. The first kappa shape index (κ1) is 30.5. The van der Waals surface area contributed by atoms with Crippen molar-refractivity contribution in [1.29, 1.82) is 0 Å². The zero-order valence-electron chi connectivity index (χ0n) is 21.9. The van der Waals surface area contributed by atoms with Gasteiger partial charge in [0.25, 0.3) is 0 Å². The quantitative estimate of drug-likeness (QED) is 0.151. The topological polar surface area (TPSA) is 0 Å². The number of halogens is 10. The Labute approximate surface area is 217 Å². The van der Waals surface area contributed by atoms with E-state index in [9.17, 15) is 26.3 Å². The molecule has 0 N–H and O–H groups in total. The second-order valence-corrected chi connectivity index (χ2v) is 26.8. The van der Waals surface area contributed by atoms with Crippen molar-refractivity contribution in [3.63, 3.8) is 0 Å². The Kier molecular flexibility index (Phi) is 7.65. The largest absolute Gasteiger partial charge is 0.249 e. The minimum Gasteiger partial charge on any atom is -0.204 e. The van der Waals surface area contributed by atoms with Crippen molar-refractivity contribution < 1.29 is 43.9 Å². The molecule has 0 saturated heterocycles. The first-order valence-electron chi connectivity index (χ1n) is 11.6. The Morgan fingerprint density at radius 3 is 1.03 bits per heavy atom. The lowest BCUT2D eigenvalue weighted by Gasteiger charge is -2.37. The number of hydrogen-bond acceptors (Lipinski definition) is 0. The van der Waals surface area contributed by atoms with E-state index in [0.717, 1.165) is 10.0 Å². The first-order valence-corrected chi connectivity index (χ1v) is 21.6. The molecule has 0 spiro atoms. The third-order valence-electron chi connectivity index (χ3n) is 6.85. The molecule has 14 heteroatoms. The van der Waals surface area contributed by atoms with Crippen LogP contribution < -0.4 is 10.9 Å². The van der Waals surface area contributed by atoms with Gasteiger partial charge in [-0.2, -0.15) is 0 Å². The van der Waals surface area contributed by atoms with Crippen LogP contribution >= 0.6 is 0 Å². The summed E-state index contributed by atoms with van der Waals surface area (Å²) >= 11 is 0. The number of benzene rings is 2. The highest BCUT2D eigenvalue weighted by Gasteiger charge is 2.52. The zero-order valence-corrected chi connectivity index (χ0v) is 24.9. The lowest BCUT2D eigenvalue weighted by Crippen LogP contribution is -2.58. The molecule has 0 atom stereocenters. The highest BCUT2D eigenvalue weighted by molar-refractivity contribution is 7.19. The molecule has 1 heterocycles. The van der Waals surface area contributed by atoms with Crippen molar-refractivity contribution >= 4 is 41.9 Å². The van der Waals surface area contributed by atoms with E-state index < -0.39 is 100 Å². The summed E-state index contributed by atoms with van der Waals surface area (Å²) in [7, 11) is -7.85. The SMILES string of the molecule is C[Si](C)(C)C1=C([Si](C)(C)C)[Si](C)(C)C(B(c2c(F)c(F)c(F)c(F)c2F)c2c(F)c(F)c(F)c(F)c2F)=C1. The van der Waals surface area contributed by atoms with Crippen LogP contribution in [0.5, 0.6) is 0 Å². The lowest BCUT2D eigenvalue weighted by molar-refractivity contribution is 0.382. The minimum atomic E-state index is -3.23. The average molecular weight is 599 g/mol. The van der Waals surface area contributed by atoms with Crippen LogP contribution in [0.3, 0.4) is 0 Å². The van der Waals surface area contributed by atoms with Crippen LogP contribution in [0, 0.1) is 58.2 Å². The third-order valence-corrected chi connectivity index (χ3v) is 18.7. The van der Waals surface area contributed by atoms with Crippen molar-refractivity contribution in [3.05, 3.63) is 79.4 Å². The van der Waals surface area contributed by atoms with Crippen molar-refractivity contribution in [3.8, 4) is 0 Å². The van der Waals surface area contributed by atoms with E-state index in [1.165, 1.54) is 6.08 Å². The van der Waals surface area contributed by atoms with Gasteiger partial charge >= 0.3 is 0 Å². The van der Waals surface area contributed by atoms with Gasteiger partial charge in [0.2, 0.25) is 6.71 Å². The van der Waals surface area contributed by atoms with Crippen molar-refractivity contribution in [2.24, 2.45) is 0 Å². The first-order chi connectivity index (χ1) is 17.1. The molecule has 0 nitrogen and oxygen atoms in total. The molecule has 3 rings (SSSR count). The fourth-order valence-corrected chi connectivity index (χ4v) is 22.6. The van der Waals surface area contributed by atoms with Crippen LogP contribution in [-0.4, -0.2) is 30.9 Å². The molecule has 0 saturated carbocycles. The van der Waals surface area contributed by atoms with Crippen LogP contribution in [0.4, 0.5) is 43.9 Å². The second-order valence-electron chi connectivity index (χ2n) is 11.9. The second kappa shape index (κ2) is 9.54. The monoisotopic (exact) mass is 598 g/mol. The van der Waals surface area contributed by atoms with E-state index >= 15 is 17.6 Å². The Morgan fingerprint density at radius 1 is 0.500 bits per heavy atom. The minimum absolute atomic E-state index is 0.0984. The van der Waals surface area contributed by atoms with E-state index in [0.29, 0.717) is 0 Å². The van der Waals surface area contributed by atoms with Crippen LogP contribution in [0.15, 0.2) is 21.2 Å². The molecule has 38 heavy (non-hydrogen) atoms. The zero-order chi connectivity index (χ0) is 29.4. The van der Waals surface area contributed by atoms with Crippen LogP contribution in [0.2, 0.25) is 52.4 Å².